The van der Waals surface area contributed by atoms with Gasteiger partial charge in [0.25, 0.3) is 0 Å². The van der Waals surface area contributed by atoms with E-state index in [1.54, 1.807) is 19.1 Å². The van der Waals surface area contributed by atoms with E-state index in [9.17, 15) is 4.79 Å². The molecule has 1 aromatic rings. The van der Waals surface area contributed by atoms with Gasteiger partial charge in [-0.3, -0.25) is 4.79 Å². The zero-order valence-corrected chi connectivity index (χ0v) is 8.08. The van der Waals surface area contributed by atoms with Crippen LogP contribution in [0.4, 0.5) is 0 Å². The van der Waals surface area contributed by atoms with Crippen molar-refractivity contribution in [3.63, 3.8) is 0 Å². The van der Waals surface area contributed by atoms with Gasteiger partial charge in [-0.25, -0.2) is 0 Å². The molecule has 0 saturated heterocycles. The van der Waals surface area contributed by atoms with Crippen molar-refractivity contribution in [2.75, 3.05) is 4.93 Å². The first-order valence-electron chi connectivity index (χ1n) is 2.72. The quantitative estimate of drug-likeness (QED) is 0.436. The van der Waals surface area contributed by atoms with Crippen LogP contribution in [0, 0.1) is 6.92 Å². The Balaban J connectivity index is 0.000000371. The molecular weight excluding hydrogens is 243 g/mol. The van der Waals surface area contributed by atoms with Crippen molar-refractivity contribution in [3.05, 3.63) is 23.7 Å². The van der Waals surface area contributed by atoms with E-state index < -0.39 is 0 Å². The molecule has 0 radical (unpaired) electrons. The minimum Gasteiger partial charge on any atom is -0.459 e. The molecule has 0 saturated carbocycles. The lowest BCUT2D eigenvalue weighted by Crippen LogP contribution is -1.66. The van der Waals surface area contributed by atoms with Crippen LogP contribution in [-0.2, 0) is 0 Å². The van der Waals surface area contributed by atoms with Gasteiger partial charge in [0.15, 0.2) is 12.0 Å². The maximum Gasteiger partial charge on any atom is 0.185 e. The summed E-state index contributed by atoms with van der Waals surface area (Å²) in [5.74, 6) is 1.16. The number of halogens is 1. The predicted octanol–water partition coefficient (Wildman–Crippen LogP) is 2.45. The monoisotopic (exact) mass is 252 g/mol. The fourth-order valence-electron chi connectivity index (χ4n) is 0.517. The normalized spacial score (nSPS) is 7.90. The first-order valence-corrected chi connectivity index (χ1v) is 4.88. The van der Waals surface area contributed by atoms with Crippen LogP contribution in [0.3, 0.4) is 0 Å². The molecule has 1 aromatic heterocycles. The summed E-state index contributed by atoms with van der Waals surface area (Å²) in [6, 6.07) is 3.39. The van der Waals surface area contributed by atoms with Crippen LogP contribution in [-0.4, -0.2) is 11.2 Å². The van der Waals surface area contributed by atoms with Gasteiger partial charge in [-0.15, -0.1) is 0 Å². The Morgan fingerprint density at radius 2 is 2.10 bits per heavy atom. The fraction of sp³-hybridized carbons (Fsp3) is 0.286. The average molecular weight is 252 g/mol. The van der Waals surface area contributed by atoms with Gasteiger partial charge in [-0.05, 0) is 24.0 Å². The minimum atomic E-state index is 0.391. The van der Waals surface area contributed by atoms with E-state index in [-0.39, 0.29) is 0 Å². The number of aryl methyl sites for hydroxylation is 1. The maximum absolute atomic E-state index is 9.93. The zero-order chi connectivity index (χ0) is 7.98. The molecular formula is C7H9IO2. The van der Waals surface area contributed by atoms with Crippen LogP contribution in [0.5, 0.6) is 0 Å². The lowest BCUT2D eigenvalue weighted by Gasteiger charge is -1.75. The summed E-state index contributed by atoms with van der Waals surface area (Å²) in [6.45, 7) is 1.80. The Labute approximate surface area is 73.7 Å². The molecule has 0 aliphatic heterocycles. The zero-order valence-electron chi connectivity index (χ0n) is 5.93. The van der Waals surface area contributed by atoms with Gasteiger partial charge >= 0.3 is 0 Å². The lowest BCUT2D eigenvalue weighted by atomic mass is 10.5. The molecule has 0 aromatic carbocycles. The van der Waals surface area contributed by atoms with E-state index in [1.165, 1.54) is 0 Å². The van der Waals surface area contributed by atoms with E-state index in [1.807, 2.05) is 4.93 Å². The number of carbonyl (C=O) groups excluding carboxylic acids is 1. The van der Waals surface area contributed by atoms with Gasteiger partial charge < -0.3 is 4.42 Å². The fourth-order valence-corrected chi connectivity index (χ4v) is 0.517. The van der Waals surface area contributed by atoms with Gasteiger partial charge in [0, 0.05) is 0 Å². The van der Waals surface area contributed by atoms with Crippen molar-refractivity contribution < 1.29 is 9.21 Å². The highest BCUT2D eigenvalue weighted by Gasteiger charge is 1.91. The predicted molar refractivity (Wildman–Crippen MR) is 48.8 cm³/mol. The molecule has 0 unspecified atom stereocenters. The number of rotatable bonds is 1. The van der Waals surface area contributed by atoms with Crippen molar-refractivity contribution in [2.24, 2.45) is 0 Å². The van der Waals surface area contributed by atoms with Crippen molar-refractivity contribution in [3.8, 4) is 0 Å². The summed E-state index contributed by atoms with van der Waals surface area (Å²) in [5, 5.41) is 0. The van der Waals surface area contributed by atoms with Crippen LogP contribution in [0.2, 0.25) is 0 Å². The molecule has 56 valence electrons. The Morgan fingerprint density at radius 1 is 1.50 bits per heavy atom. The largest absolute Gasteiger partial charge is 0.459 e. The molecule has 0 atom stereocenters. The number of hydrogen-bond acceptors (Lipinski definition) is 2. The molecule has 0 aliphatic rings. The molecule has 0 amide bonds. The van der Waals surface area contributed by atoms with Crippen molar-refractivity contribution in [2.45, 2.75) is 6.92 Å². The van der Waals surface area contributed by atoms with Gasteiger partial charge in [0.1, 0.15) is 5.76 Å². The Hall–Kier alpha value is -0.320. The van der Waals surface area contributed by atoms with E-state index in [0.29, 0.717) is 12.0 Å². The third-order valence-electron chi connectivity index (χ3n) is 0.877. The van der Waals surface area contributed by atoms with Crippen LogP contribution < -0.4 is 0 Å². The van der Waals surface area contributed by atoms with Crippen molar-refractivity contribution >= 4 is 28.9 Å². The molecule has 3 heteroatoms. The number of furan rings is 1. The summed E-state index contributed by atoms with van der Waals surface area (Å²) in [7, 11) is 0. The number of carbonyl (C=O) groups is 1. The Kier molecular flexibility index (Phi) is 5.29. The van der Waals surface area contributed by atoms with E-state index >= 15 is 0 Å². The van der Waals surface area contributed by atoms with Gasteiger partial charge in [-0.2, -0.15) is 0 Å². The number of hydrogen-bond donors (Lipinski definition) is 0. The summed E-state index contributed by atoms with van der Waals surface area (Å²) in [6.07, 6.45) is 0.688. The molecule has 1 heterocycles. The third kappa shape index (κ3) is 3.00. The summed E-state index contributed by atoms with van der Waals surface area (Å²) >= 11 is 2.15. The summed E-state index contributed by atoms with van der Waals surface area (Å²) in [4.78, 5) is 11.9. The number of aldehydes is 1. The van der Waals surface area contributed by atoms with Crippen LogP contribution in [0.25, 0.3) is 0 Å². The van der Waals surface area contributed by atoms with Crippen molar-refractivity contribution in [1.82, 2.24) is 0 Å². The standard InChI is InChI=1S/C6H6O2.CH3I/c1-5-2-3-6(4-7)8-5;1-2/h2-4H,1H3;1H3. The van der Waals surface area contributed by atoms with Crippen molar-refractivity contribution in [1.29, 1.82) is 0 Å². The topological polar surface area (TPSA) is 30.2 Å². The maximum atomic E-state index is 9.93. The Morgan fingerprint density at radius 3 is 2.30 bits per heavy atom. The second-order valence-electron chi connectivity index (χ2n) is 1.57. The first-order chi connectivity index (χ1) is 4.83. The van der Waals surface area contributed by atoms with E-state index in [4.69, 9.17) is 4.42 Å². The highest BCUT2D eigenvalue weighted by Crippen LogP contribution is 2.01. The summed E-state index contributed by atoms with van der Waals surface area (Å²) in [5.41, 5.74) is 0. The molecule has 1 rings (SSSR count). The highest BCUT2D eigenvalue weighted by molar-refractivity contribution is 14.1. The molecule has 0 bridgehead atoms. The number of alkyl halides is 1. The smallest absolute Gasteiger partial charge is 0.185 e. The molecule has 2 nitrogen and oxygen atoms in total. The van der Waals surface area contributed by atoms with Crippen LogP contribution >= 0.6 is 22.6 Å². The molecule has 0 fully saturated rings. The van der Waals surface area contributed by atoms with Crippen LogP contribution in [0.15, 0.2) is 16.5 Å². The minimum absolute atomic E-state index is 0.391. The second kappa shape index (κ2) is 5.46. The molecule has 10 heavy (non-hydrogen) atoms. The average Bonchev–Trinajstić information content (AvgIpc) is 2.40. The molecule has 0 spiro atoms. The van der Waals surface area contributed by atoms with Gasteiger partial charge in [0.2, 0.25) is 0 Å². The lowest BCUT2D eigenvalue weighted by molar-refractivity contribution is 0.109. The SMILES string of the molecule is CI.Cc1ccc(C=O)o1. The first kappa shape index (κ1) is 9.68. The van der Waals surface area contributed by atoms with E-state index in [0.717, 1.165) is 5.76 Å². The third-order valence-corrected chi connectivity index (χ3v) is 0.877. The summed E-state index contributed by atoms with van der Waals surface area (Å²) < 4.78 is 4.86. The van der Waals surface area contributed by atoms with Crippen LogP contribution in [0.1, 0.15) is 16.3 Å². The van der Waals surface area contributed by atoms with E-state index in [2.05, 4.69) is 22.6 Å². The molecule has 0 N–H and O–H groups in total. The molecule has 0 aliphatic carbocycles. The Bertz CT molecular complexity index is 193. The highest BCUT2D eigenvalue weighted by atomic mass is 127. The second-order valence-corrected chi connectivity index (χ2v) is 1.57. The van der Waals surface area contributed by atoms with Gasteiger partial charge in [0.05, 0.1) is 0 Å². The van der Waals surface area contributed by atoms with Gasteiger partial charge in [-0.1, -0.05) is 22.6 Å².